The summed E-state index contributed by atoms with van der Waals surface area (Å²) in [6, 6.07) is 7.49. The number of para-hydroxylation sites is 1. The van der Waals surface area contributed by atoms with Gasteiger partial charge in [-0.1, -0.05) is 24.6 Å². The van der Waals surface area contributed by atoms with Crippen molar-refractivity contribution in [3.63, 3.8) is 0 Å². The van der Waals surface area contributed by atoms with Gasteiger partial charge in [-0.2, -0.15) is 0 Å². The van der Waals surface area contributed by atoms with Gasteiger partial charge in [-0.15, -0.1) is 0 Å². The molecule has 2 fully saturated rings. The fraction of sp³-hybridized carbons (Fsp3) is 0.500. The van der Waals surface area contributed by atoms with Crippen molar-refractivity contribution in [3.05, 3.63) is 29.8 Å². The summed E-state index contributed by atoms with van der Waals surface area (Å²) in [5, 5.41) is 9.49. The summed E-state index contributed by atoms with van der Waals surface area (Å²) < 4.78 is 10.9. The quantitative estimate of drug-likeness (QED) is 0.885. The van der Waals surface area contributed by atoms with Crippen molar-refractivity contribution in [2.24, 2.45) is 0 Å². The second-order valence-electron chi connectivity index (χ2n) is 5.01. The Balaban J connectivity index is 1.92. The first-order chi connectivity index (χ1) is 8.72. The Morgan fingerprint density at radius 1 is 1.33 bits per heavy atom. The summed E-state index contributed by atoms with van der Waals surface area (Å²) in [6.07, 6.45) is 2.43. The van der Waals surface area contributed by atoms with Crippen LogP contribution in [0.25, 0.3) is 0 Å². The van der Waals surface area contributed by atoms with Crippen LogP contribution in [0.2, 0.25) is 0 Å². The summed E-state index contributed by atoms with van der Waals surface area (Å²) in [4.78, 5) is 11.5. The lowest BCUT2D eigenvalue weighted by Crippen LogP contribution is -2.44. The Labute approximate surface area is 106 Å². The minimum absolute atomic E-state index is 0.0667. The number of carbonyl (C=O) groups is 1. The SMILES string of the molecule is O=C(O)C1(c2ccccc2OC2COC2)CCC1. The number of ether oxygens (including phenoxy) is 2. The van der Waals surface area contributed by atoms with Gasteiger partial charge >= 0.3 is 5.97 Å². The zero-order valence-corrected chi connectivity index (χ0v) is 10.1. The number of hydrogen-bond acceptors (Lipinski definition) is 3. The van der Waals surface area contributed by atoms with Crippen LogP contribution in [-0.4, -0.2) is 30.4 Å². The van der Waals surface area contributed by atoms with E-state index >= 15 is 0 Å². The average molecular weight is 248 g/mol. The minimum atomic E-state index is -0.741. The third-order valence-electron chi connectivity index (χ3n) is 3.92. The summed E-state index contributed by atoms with van der Waals surface area (Å²) in [5.41, 5.74) is 0.0805. The second kappa shape index (κ2) is 4.28. The maximum absolute atomic E-state index is 11.5. The molecule has 4 nitrogen and oxygen atoms in total. The number of carboxylic acids is 1. The fourth-order valence-electron chi connectivity index (χ4n) is 2.56. The van der Waals surface area contributed by atoms with Crippen LogP contribution in [0, 0.1) is 0 Å². The molecule has 18 heavy (non-hydrogen) atoms. The molecule has 1 aliphatic heterocycles. The lowest BCUT2D eigenvalue weighted by Gasteiger charge is -2.39. The van der Waals surface area contributed by atoms with Gasteiger partial charge in [0.25, 0.3) is 0 Å². The Morgan fingerprint density at radius 2 is 2.06 bits per heavy atom. The Morgan fingerprint density at radius 3 is 2.56 bits per heavy atom. The molecule has 2 aliphatic rings. The third-order valence-corrected chi connectivity index (χ3v) is 3.92. The van der Waals surface area contributed by atoms with E-state index in [0.29, 0.717) is 31.8 Å². The van der Waals surface area contributed by atoms with Crippen LogP contribution in [0.1, 0.15) is 24.8 Å². The molecule has 1 N–H and O–H groups in total. The van der Waals surface area contributed by atoms with Crippen molar-refractivity contribution in [3.8, 4) is 5.75 Å². The predicted octanol–water partition coefficient (Wildman–Crippen LogP) is 1.97. The molecule has 1 heterocycles. The van der Waals surface area contributed by atoms with Gasteiger partial charge in [0.05, 0.1) is 18.6 Å². The summed E-state index contributed by atoms with van der Waals surface area (Å²) >= 11 is 0. The van der Waals surface area contributed by atoms with E-state index in [0.717, 1.165) is 12.0 Å². The van der Waals surface area contributed by atoms with Crippen molar-refractivity contribution < 1.29 is 19.4 Å². The largest absolute Gasteiger partial charge is 0.485 e. The number of hydrogen-bond donors (Lipinski definition) is 1. The van der Waals surface area contributed by atoms with E-state index in [-0.39, 0.29) is 6.10 Å². The lowest BCUT2D eigenvalue weighted by atomic mass is 9.64. The van der Waals surface area contributed by atoms with Gasteiger partial charge in [-0.3, -0.25) is 4.79 Å². The second-order valence-corrected chi connectivity index (χ2v) is 5.01. The van der Waals surface area contributed by atoms with Crippen LogP contribution >= 0.6 is 0 Å². The summed E-state index contributed by atoms with van der Waals surface area (Å²) in [6.45, 7) is 1.18. The van der Waals surface area contributed by atoms with E-state index in [1.807, 2.05) is 24.3 Å². The van der Waals surface area contributed by atoms with Crippen LogP contribution < -0.4 is 4.74 Å². The normalized spacial score (nSPS) is 21.8. The minimum Gasteiger partial charge on any atom is -0.485 e. The van der Waals surface area contributed by atoms with Gasteiger partial charge < -0.3 is 14.6 Å². The van der Waals surface area contributed by atoms with Crippen LogP contribution in [0.3, 0.4) is 0 Å². The van der Waals surface area contributed by atoms with Crippen LogP contribution in [0.5, 0.6) is 5.75 Å². The predicted molar refractivity (Wildman–Crippen MR) is 64.8 cm³/mol. The van der Waals surface area contributed by atoms with Gasteiger partial charge in [0, 0.05) is 5.56 Å². The third kappa shape index (κ3) is 1.68. The molecule has 0 amide bonds. The molecule has 0 atom stereocenters. The first-order valence-electron chi connectivity index (χ1n) is 6.30. The zero-order valence-electron chi connectivity index (χ0n) is 10.1. The van der Waals surface area contributed by atoms with Gasteiger partial charge in [0.2, 0.25) is 0 Å². The van der Waals surface area contributed by atoms with Crippen molar-refractivity contribution in [1.29, 1.82) is 0 Å². The van der Waals surface area contributed by atoms with Crippen molar-refractivity contribution >= 4 is 5.97 Å². The molecule has 1 saturated carbocycles. The fourth-order valence-corrected chi connectivity index (χ4v) is 2.56. The highest BCUT2D eigenvalue weighted by Gasteiger charge is 2.47. The Hall–Kier alpha value is -1.55. The van der Waals surface area contributed by atoms with Crippen LogP contribution in [0.4, 0.5) is 0 Å². The number of carboxylic acid groups (broad SMARTS) is 1. The maximum Gasteiger partial charge on any atom is 0.314 e. The molecule has 0 unspecified atom stereocenters. The van der Waals surface area contributed by atoms with Gasteiger partial charge in [0.1, 0.15) is 11.9 Å². The molecule has 96 valence electrons. The molecule has 3 rings (SSSR count). The van der Waals surface area contributed by atoms with E-state index in [1.54, 1.807) is 0 Å². The average Bonchev–Trinajstić information content (AvgIpc) is 2.23. The molecule has 0 radical (unpaired) electrons. The van der Waals surface area contributed by atoms with Crippen LogP contribution in [0.15, 0.2) is 24.3 Å². The van der Waals surface area contributed by atoms with Crippen molar-refractivity contribution in [2.75, 3.05) is 13.2 Å². The molecule has 1 aliphatic carbocycles. The van der Waals surface area contributed by atoms with Crippen molar-refractivity contribution in [1.82, 2.24) is 0 Å². The number of benzene rings is 1. The van der Waals surface area contributed by atoms with Crippen molar-refractivity contribution in [2.45, 2.75) is 30.8 Å². The molecule has 1 aromatic rings. The topological polar surface area (TPSA) is 55.8 Å². The maximum atomic E-state index is 11.5. The first kappa shape index (κ1) is 11.5. The van der Waals surface area contributed by atoms with E-state index in [1.165, 1.54) is 0 Å². The molecule has 0 aromatic heterocycles. The monoisotopic (exact) mass is 248 g/mol. The molecule has 1 saturated heterocycles. The molecule has 1 aromatic carbocycles. The Kier molecular flexibility index (Phi) is 2.74. The lowest BCUT2D eigenvalue weighted by molar-refractivity contribution is -0.147. The molecular formula is C14H16O4. The number of aliphatic carboxylic acids is 1. The summed E-state index contributed by atoms with van der Waals surface area (Å²) in [5.74, 6) is -0.0393. The molecular weight excluding hydrogens is 232 g/mol. The molecule has 0 bridgehead atoms. The highest BCUT2D eigenvalue weighted by atomic mass is 16.6. The molecule has 4 heteroatoms. The standard InChI is InChI=1S/C14H16O4/c15-13(16)14(6-3-7-14)11-4-1-2-5-12(11)18-10-8-17-9-10/h1-2,4-5,10H,3,6-9H2,(H,15,16). The van der Waals surface area contributed by atoms with E-state index in [4.69, 9.17) is 9.47 Å². The van der Waals surface area contributed by atoms with E-state index < -0.39 is 11.4 Å². The van der Waals surface area contributed by atoms with E-state index in [2.05, 4.69) is 0 Å². The highest BCUT2D eigenvalue weighted by molar-refractivity contribution is 5.83. The number of rotatable bonds is 4. The summed E-state index contributed by atoms with van der Waals surface area (Å²) in [7, 11) is 0. The van der Waals surface area contributed by atoms with Crippen LogP contribution in [-0.2, 0) is 14.9 Å². The molecule has 0 spiro atoms. The zero-order chi connectivity index (χ0) is 12.6. The first-order valence-corrected chi connectivity index (χ1v) is 6.30. The van der Waals surface area contributed by atoms with Gasteiger partial charge in [0.15, 0.2) is 0 Å². The Bertz CT molecular complexity index is 461. The van der Waals surface area contributed by atoms with Gasteiger partial charge in [-0.25, -0.2) is 0 Å². The highest BCUT2D eigenvalue weighted by Crippen LogP contribution is 2.47. The smallest absolute Gasteiger partial charge is 0.314 e. The van der Waals surface area contributed by atoms with Gasteiger partial charge in [-0.05, 0) is 18.9 Å². The van der Waals surface area contributed by atoms with E-state index in [9.17, 15) is 9.90 Å².